The highest BCUT2D eigenvalue weighted by atomic mass is 79.9. The van der Waals surface area contributed by atoms with E-state index in [1.54, 1.807) is 12.1 Å². The Balaban J connectivity index is 2.87. The van der Waals surface area contributed by atoms with E-state index in [-0.39, 0.29) is 5.56 Å². The monoisotopic (exact) mass is 311 g/mol. The molecular formula is C12H10BrNO4. The summed E-state index contributed by atoms with van der Waals surface area (Å²) in [6.07, 6.45) is 1.32. The Hall–Kier alpha value is -1.82. The van der Waals surface area contributed by atoms with Crippen molar-refractivity contribution in [3.8, 4) is 5.75 Å². The Morgan fingerprint density at radius 3 is 2.67 bits per heavy atom. The summed E-state index contributed by atoms with van der Waals surface area (Å²) in [4.78, 5) is 26.5. The highest BCUT2D eigenvalue weighted by Crippen LogP contribution is 2.27. The fourth-order valence-electron chi connectivity index (χ4n) is 1.70. The number of carbonyl (C=O) groups excluding carboxylic acids is 1. The van der Waals surface area contributed by atoms with Crippen LogP contribution in [0.15, 0.2) is 27.6 Å². The predicted octanol–water partition coefficient (Wildman–Crippen LogP) is 2.09. The molecule has 1 N–H and O–H groups in total. The van der Waals surface area contributed by atoms with E-state index in [1.807, 2.05) is 0 Å². The Bertz CT molecular complexity index is 678. The number of aromatic amines is 1. The Morgan fingerprint density at radius 1 is 1.33 bits per heavy atom. The van der Waals surface area contributed by atoms with Crippen molar-refractivity contribution in [1.29, 1.82) is 0 Å². The molecule has 0 atom stereocenters. The Kier molecular flexibility index (Phi) is 3.38. The first-order valence-electron chi connectivity index (χ1n) is 5.06. The number of H-pyrrole nitrogens is 1. The molecule has 2 rings (SSSR count). The summed E-state index contributed by atoms with van der Waals surface area (Å²) >= 11 is 3.29. The van der Waals surface area contributed by atoms with Crippen LogP contribution in [0.5, 0.6) is 5.75 Å². The highest BCUT2D eigenvalue weighted by molar-refractivity contribution is 9.10. The van der Waals surface area contributed by atoms with Crippen LogP contribution >= 0.6 is 15.9 Å². The van der Waals surface area contributed by atoms with Gasteiger partial charge in [0, 0.05) is 10.7 Å². The predicted molar refractivity (Wildman–Crippen MR) is 70.2 cm³/mol. The molecule has 0 aliphatic heterocycles. The fourth-order valence-corrected chi connectivity index (χ4v) is 2.21. The minimum atomic E-state index is -0.673. The van der Waals surface area contributed by atoms with Crippen molar-refractivity contribution in [2.75, 3.05) is 14.2 Å². The van der Waals surface area contributed by atoms with Gasteiger partial charge in [-0.15, -0.1) is 0 Å². The Morgan fingerprint density at radius 2 is 2.06 bits per heavy atom. The van der Waals surface area contributed by atoms with Gasteiger partial charge in [0.15, 0.2) is 0 Å². The number of methoxy groups -OCH3 is 2. The molecule has 0 amide bonds. The summed E-state index contributed by atoms with van der Waals surface area (Å²) in [6, 6.07) is 3.41. The average Bonchev–Trinajstić information content (AvgIpc) is 2.38. The molecule has 0 fully saturated rings. The van der Waals surface area contributed by atoms with E-state index in [2.05, 4.69) is 25.7 Å². The van der Waals surface area contributed by atoms with E-state index >= 15 is 0 Å². The van der Waals surface area contributed by atoms with Gasteiger partial charge in [-0.1, -0.05) is 0 Å². The van der Waals surface area contributed by atoms with Crippen LogP contribution in [0, 0.1) is 0 Å². The van der Waals surface area contributed by atoms with Gasteiger partial charge in [0.25, 0.3) is 0 Å². The molecule has 0 aliphatic carbocycles. The molecule has 1 aromatic carbocycles. The maximum Gasteiger partial charge on any atom is 0.343 e. The summed E-state index contributed by atoms with van der Waals surface area (Å²) < 4.78 is 10.3. The molecule has 1 aromatic heterocycles. The van der Waals surface area contributed by atoms with Gasteiger partial charge in [0.2, 0.25) is 5.43 Å². The number of pyridine rings is 1. The zero-order valence-corrected chi connectivity index (χ0v) is 11.3. The fraction of sp³-hybridized carbons (Fsp3) is 0.167. The van der Waals surface area contributed by atoms with E-state index in [0.29, 0.717) is 21.1 Å². The van der Waals surface area contributed by atoms with Crippen molar-refractivity contribution >= 4 is 32.8 Å². The van der Waals surface area contributed by atoms with Crippen LogP contribution < -0.4 is 10.2 Å². The van der Waals surface area contributed by atoms with Gasteiger partial charge < -0.3 is 14.5 Å². The number of benzene rings is 1. The van der Waals surface area contributed by atoms with Crippen LogP contribution in [0.3, 0.4) is 0 Å². The second-order valence-electron chi connectivity index (χ2n) is 3.52. The maximum atomic E-state index is 12.2. The lowest BCUT2D eigenvalue weighted by molar-refractivity contribution is 0.0599. The van der Waals surface area contributed by atoms with Crippen LogP contribution in [0.25, 0.3) is 10.9 Å². The van der Waals surface area contributed by atoms with Gasteiger partial charge in [-0.2, -0.15) is 0 Å². The van der Waals surface area contributed by atoms with Crippen molar-refractivity contribution in [3.05, 3.63) is 38.6 Å². The van der Waals surface area contributed by atoms with Gasteiger partial charge in [0.1, 0.15) is 11.3 Å². The summed E-state index contributed by atoms with van der Waals surface area (Å²) in [5.74, 6) is -0.144. The largest absolute Gasteiger partial charge is 0.495 e. The number of rotatable bonds is 2. The highest BCUT2D eigenvalue weighted by Gasteiger charge is 2.16. The minimum absolute atomic E-state index is 0.0426. The number of aromatic nitrogens is 1. The van der Waals surface area contributed by atoms with E-state index in [1.165, 1.54) is 20.4 Å². The lowest BCUT2D eigenvalue weighted by atomic mass is 10.1. The first kappa shape index (κ1) is 12.6. The molecular weight excluding hydrogens is 302 g/mol. The standard InChI is InChI=1S/C12H10BrNO4/c1-17-8-4-3-7(13)9-10(8)14-5-6(11(9)15)12(16)18-2/h3-5H,1-2H3,(H,14,15). The summed E-state index contributed by atoms with van der Waals surface area (Å²) in [5, 5.41) is 0.359. The third-order valence-electron chi connectivity index (χ3n) is 2.57. The molecule has 0 aliphatic rings. The number of fused-ring (bicyclic) bond motifs is 1. The van der Waals surface area contributed by atoms with Gasteiger partial charge in [0.05, 0.1) is 25.1 Å². The molecule has 0 saturated carbocycles. The zero-order valence-electron chi connectivity index (χ0n) is 9.74. The second-order valence-corrected chi connectivity index (χ2v) is 4.38. The minimum Gasteiger partial charge on any atom is -0.495 e. The molecule has 0 radical (unpaired) electrons. The van der Waals surface area contributed by atoms with Crippen molar-refractivity contribution in [2.24, 2.45) is 0 Å². The lowest BCUT2D eigenvalue weighted by Gasteiger charge is -2.07. The number of esters is 1. The van der Waals surface area contributed by atoms with Gasteiger partial charge in [-0.05, 0) is 28.1 Å². The average molecular weight is 312 g/mol. The molecule has 18 heavy (non-hydrogen) atoms. The molecule has 0 spiro atoms. The second kappa shape index (κ2) is 4.81. The molecule has 1 heterocycles. The summed E-state index contributed by atoms with van der Waals surface area (Å²) in [6.45, 7) is 0. The SMILES string of the molecule is COC(=O)c1c[nH]c2c(OC)ccc(Br)c2c1=O. The quantitative estimate of drug-likeness (QED) is 0.862. The van der Waals surface area contributed by atoms with Gasteiger partial charge >= 0.3 is 5.97 Å². The van der Waals surface area contributed by atoms with Crippen LogP contribution in [-0.4, -0.2) is 25.2 Å². The van der Waals surface area contributed by atoms with Crippen molar-refractivity contribution < 1.29 is 14.3 Å². The first-order valence-corrected chi connectivity index (χ1v) is 5.85. The molecule has 6 heteroatoms. The van der Waals surface area contributed by atoms with Gasteiger partial charge in [-0.3, -0.25) is 4.79 Å². The third-order valence-corrected chi connectivity index (χ3v) is 3.23. The summed E-state index contributed by atoms with van der Waals surface area (Å²) in [7, 11) is 2.74. The van der Waals surface area contributed by atoms with Crippen molar-refractivity contribution in [3.63, 3.8) is 0 Å². The van der Waals surface area contributed by atoms with E-state index in [0.717, 1.165) is 0 Å². The molecule has 5 nitrogen and oxygen atoms in total. The van der Waals surface area contributed by atoms with Crippen LogP contribution in [-0.2, 0) is 4.74 Å². The molecule has 2 aromatic rings. The molecule has 0 bridgehead atoms. The van der Waals surface area contributed by atoms with Crippen LogP contribution in [0.2, 0.25) is 0 Å². The number of halogens is 1. The number of carbonyl (C=O) groups is 1. The van der Waals surface area contributed by atoms with E-state index in [9.17, 15) is 9.59 Å². The van der Waals surface area contributed by atoms with Crippen LogP contribution in [0.1, 0.15) is 10.4 Å². The van der Waals surface area contributed by atoms with E-state index < -0.39 is 11.4 Å². The number of hydrogen-bond acceptors (Lipinski definition) is 4. The van der Waals surface area contributed by atoms with Crippen molar-refractivity contribution in [1.82, 2.24) is 4.98 Å². The smallest absolute Gasteiger partial charge is 0.343 e. The maximum absolute atomic E-state index is 12.2. The van der Waals surface area contributed by atoms with Gasteiger partial charge in [-0.25, -0.2) is 4.79 Å². The normalized spacial score (nSPS) is 10.4. The molecule has 0 saturated heterocycles. The zero-order chi connectivity index (χ0) is 13.3. The Labute approximate surface area is 111 Å². The molecule has 0 unspecified atom stereocenters. The number of ether oxygens (including phenoxy) is 2. The van der Waals surface area contributed by atoms with Crippen LogP contribution in [0.4, 0.5) is 0 Å². The number of hydrogen-bond donors (Lipinski definition) is 1. The molecule has 94 valence electrons. The van der Waals surface area contributed by atoms with E-state index in [4.69, 9.17) is 4.74 Å². The number of nitrogens with one attached hydrogen (secondary N) is 1. The first-order chi connectivity index (χ1) is 8.60. The third kappa shape index (κ3) is 1.88. The summed E-state index contributed by atoms with van der Waals surface area (Å²) in [5.41, 5.74) is 0.0878. The van der Waals surface area contributed by atoms with Crippen molar-refractivity contribution in [2.45, 2.75) is 0 Å². The lowest BCUT2D eigenvalue weighted by Crippen LogP contribution is -2.17. The topological polar surface area (TPSA) is 68.4 Å².